The first-order valence-electron chi connectivity index (χ1n) is 5.00. The van der Waals surface area contributed by atoms with E-state index in [1.54, 1.807) is 7.05 Å². The lowest BCUT2D eigenvalue weighted by Crippen LogP contribution is -2.31. The Morgan fingerprint density at radius 1 is 1.40 bits per heavy atom. The molecule has 1 unspecified atom stereocenters. The number of rotatable bonds is 4. The Balaban J connectivity index is 2.56. The Bertz CT molecular complexity index is 311. The lowest BCUT2D eigenvalue weighted by Gasteiger charge is -2.18. The molecule has 1 aromatic rings. The predicted molar refractivity (Wildman–Crippen MR) is 59.1 cm³/mol. The third kappa shape index (κ3) is 3.36. The molecule has 0 saturated heterocycles. The van der Waals surface area contributed by atoms with Gasteiger partial charge in [-0.25, -0.2) is 5.06 Å². The van der Waals surface area contributed by atoms with E-state index >= 15 is 0 Å². The predicted octanol–water partition coefficient (Wildman–Crippen LogP) is 1.88. The standard InChI is InChI=1S/C12H17NO2/c1-10(12(14)13(2)15-3)9-11-7-5-4-6-8-11/h4-8,10H,9H2,1-3H3. The van der Waals surface area contributed by atoms with Crippen LogP contribution < -0.4 is 0 Å². The molecule has 0 aliphatic heterocycles. The van der Waals surface area contributed by atoms with Crippen molar-refractivity contribution in [2.45, 2.75) is 13.3 Å². The Morgan fingerprint density at radius 3 is 2.53 bits per heavy atom. The van der Waals surface area contributed by atoms with E-state index in [4.69, 9.17) is 4.84 Å². The third-order valence-electron chi connectivity index (χ3n) is 2.39. The molecule has 0 aromatic heterocycles. The van der Waals surface area contributed by atoms with Gasteiger partial charge in [-0.3, -0.25) is 9.63 Å². The van der Waals surface area contributed by atoms with Gasteiger partial charge in [-0.1, -0.05) is 37.3 Å². The van der Waals surface area contributed by atoms with E-state index in [-0.39, 0.29) is 11.8 Å². The maximum Gasteiger partial charge on any atom is 0.248 e. The lowest BCUT2D eigenvalue weighted by molar-refractivity contribution is -0.172. The molecule has 3 nitrogen and oxygen atoms in total. The molecular formula is C12H17NO2. The molecule has 0 radical (unpaired) electrons. The summed E-state index contributed by atoms with van der Waals surface area (Å²) < 4.78 is 0. The number of nitrogens with zero attached hydrogens (tertiary/aromatic N) is 1. The molecule has 1 amide bonds. The molecule has 0 heterocycles. The van der Waals surface area contributed by atoms with Crippen molar-refractivity contribution in [3.05, 3.63) is 35.9 Å². The first-order chi connectivity index (χ1) is 7.15. The SMILES string of the molecule is CON(C)C(=O)C(C)Cc1ccccc1. The number of benzene rings is 1. The molecule has 1 aromatic carbocycles. The van der Waals surface area contributed by atoms with Crippen LogP contribution in [0.5, 0.6) is 0 Å². The van der Waals surface area contributed by atoms with Crippen molar-refractivity contribution < 1.29 is 9.63 Å². The molecule has 0 aliphatic rings. The van der Waals surface area contributed by atoms with Crippen molar-refractivity contribution in [2.24, 2.45) is 5.92 Å². The zero-order valence-corrected chi connectivity index (χ0v) is 9.43. The van der Waals surface area contributed by atoms with E-state index in [2.05, 4.69) is 0 Å². The quantitative estimate of drug-likeness (QED) is 0.705. The summed E-state index contributed by atoms with van der Waals surface area (Å²) in [5, 5.41) is 1.27. The summed E-state index contributed by atoms with van der Waals surface area (Å²) >= 11 is 0. The molecule has 0 spiro atoms. The third-order valence-corrected chi connectivity index (χ3v) is 2.39. The summed E-state index contributed by atoms with van der Waals surface area (Å²) in [6.07, 6.45) is 0.743. The number of amides is 1. The van der Waals surface area contributed by atoms with Gasteiger partial charge in [0.25, 0.3) is 0 Å². The summed E-state index contributed by atoms with van der Waals surface area (Å²) in [6, 6.07) is 9.98. The van der Waals surface area contributed by atoms with Gasteiger partial charge in [0.1, 0.15) is 0 Å². The van der Waals surface area contributed by atoms with Crippen molar-refractivity contribution in [3.8, 4) is 0 Å². The van der Waals surface area contributed by atoms with Crippen molar-refractivity contribution in [2.75, 3.05) is 14.2 Å². The molecule has 15 heavy (non-hydrogen) atoms. The summed E-state index contributed by atoms with van der Waals surface area (Å²) in [6.45, 7) is 1.91. The van der Waals surface area contributed by atoms with Crippen molar-refractivity contribution >= 4 is 5.91 Å². The van der Waals surface area contributed by atoms with Gasteiger partial charge >= 0.3 is 0 Å². The summed E-state index contributed by atoms with van der Waals surface area (Å²) in [4.78, 5) is 16.5. The first kappa shape index (κ1) is 11.7. The number of carbonyl (C=O) groups excluding carboxylic acids is 1. The molecule has 1 rings (SSSR count). The largest absolute Gasteiger partial charge is 0.275 e. The van der Waals surface area contributed by atoms with Crippen molar-refractivity contribution in [1.82, 2.24) is 5.06 Å². The average molecular weight is 207 g/mol. The molecule has 0 fully saturated rings. The Hall–Kier alpha value is -1.35. The highest BCUT2D eigenvalue weighted by atomic mass is 16.7. The highest BCUT2D eigenvalue weighted by Crippen LogP contribution is 2.10. The van der Waals surface area contributed by atoms with Crippen molar-refractivity contribution in [3.63, 3.8) is 0 Å². The number of carbonyl (C=O) groups is 1. The highest BCUT2D eigenvalue weighted by Gasteiger charge is 2.17. The number of hydrogen-bond acceptors (Lipinski definition) is 2. The Labute approximate surface area is 90.6 Å². The molecule has 0 N–H and O–H groups in total. The fourth-order valence-corrected chi connectivity index (χ4v) is 1.46. The molecular weight excluding hydrogens is 190 g/mol. The Kier molecular flexibility index (Phi) is 4.31. The zero-order chi connectivity index (χ0) is 11.3. The van der Waals surface area contributed by atoms with Gasteiger partial charge in [-0.15, -0.1) is 0 Å². The van der Waals surface area contributed by atoms with Crippen LogP contribution in [0.15, 0.2) is 30.3 Å². The van der Waals surface area contributed by atoms with Gasteiger partial charge in [0.05, 0.1) is 7.11 Å². The van der Waals surface area contributed by atoms with Crippen LogP contribution >= 0.6 is 0 Å². The van der Waals surface area contributed by atoms with Crippen LogP contribution in [0, 0.1) is 5.92 Å². The normalized spacial score (nSPS) is 12.2. The smallest absolute Gasteiger partial charge is 0.248 e. The number of hydroxylamine groups is 2. The van der Waals surface area contributed by atoms with Crippen LogP contribution in [0.25, 0.3) is 0 Å². The molecule has 82 valence electrons. The van der Waals surface area contributed by atoms with Gasteiger partial charge in [-0.2, -0.15) is 0 Å². The second-order valence-electron chi connectivity index (χ2n) is 3.61. The number of hydrogen-bond donors (Lipinski definition) is 0. The van der Waals surface area contributed by atoms with Gasteiger partial charge in [0.2, 0.25) is 5.91 Å². The minimum Gasteiger partial charge on any atom is -0.275 e. The first-order valence-corrected chi connectivity index (χ1v) is 5.00. The van der Waals surface area contributed by atoms with Crippen LogP contribution in [0.1, 0.15) is 12.5 Å². The average Bonchev–Trinajstić information content (AvgIpc) is 2.28. The van der Waals surface area contributed by atoms with Gasteiger partial charge in [-0.05, 0) is 12.0 Å². The minimum atomic E-state index is -0.0580. The van der Waals surface area contributed by atoms with E-state index < -0.39 is 0 Å². The second kappa shape index (κ2) is 5.51. The maximum absolute atomic E-state index is 11.7. The van der Waals surface area contributed by atoms with Gasteiger partial charge < -0.3 is 0 Å². The molecule has 0 bridgehead atoms. The van der Waals surface area contributed by atoms with Crippen LogP contribution in [0.2, 0.25) is 0 Å². The molecule has 1 atom stereocenters. The highest BCUT2D eigenvalue weighted by molar-refractivity contribution is 5.77. The van der Waals surface area contributed by atoms with Crippen LogP contribution in [0.3, 0.4) is 0 Å². The van der Waals surface area contributed by atoms with Gasteiger partial charge in [0, 0.05) is 13.0 Å². The van der Waals surface area contributed by atoms with E-state index in [1.165, 1.54) is 17.7 Å². The lowest BCUT2D eigenvalue weighted by atomic mass is 10.0. The summed E-state index contributed by atoms with van der Waals surface area (Å²) in [7, 11) is 3.12. The van der Waals surface area contributed by atoms with Crippen LogP contribution in [-0.2, 0) is 16.1 Å². The van der Waals surface area contributed by atoms with E-state index in [9.17, 15) is 4.79 Å². The zero-order valence-electron chi connectivity index (χ0n) is 9.43. The summed E-state index contributed by atoms with van der Waals surface area (Å²) in [5.41, 5.74) is 1.17. The van der Waals surface area contributed by atoms with E-state index in [0.29, 0.717) is 0 Å². The second-order valence-corrected chi connectivity index (χ2v) is 3.61. The van der Waals surface area contributed by atoms with Gasteiger partial charge in [0.15, 0.2) is 0 Å². The van der Waals surface area contributed by atoms with Crippen LogP contribution in [0.4, 0.5) is 0 Å². The van der Waals surface area contributed by atoms with Crippen LogP contribution in [-0.4, -0.2) is 25.1 Å². The fourth-order valence-electron chi connectivity index (χ4n) is 1.46. The minimum absolute atomic E-state index is 0.00125. The van der Waals surface area contributed by atoms with Crippen molar-refractivity contribution in [1.29, 1.82) is 0 Å². The molecule has 0 saturated carbocycles. The van der Waals surface area contributed by atoms with E-state index in [0.717, 1.165) is 6.42 Å². The maximum atomic E-state index is 11.7. The summed E-state index contributed by atoms with van der Waals surface area (Å²) in [5.74, 6) is -0.0568. The fraction of sp³-hybridized carbons (Fsp3) is 0.417. The molecule has 0 aliphatic carbocycles. The Morgan fingerprint density at radius 2 is 2.00 bits per heavy atom. The molecule has 3 heteroatoms. The topological polar surface area (TPSA) is 29.5 Å². The van der Waals surface area contributed by atoms with E-state index in [1.807, 2.05) is 37.3 Å². The monoisotopic (exact) mass is 207 g/mol.